The van der Waals surface area contributed by atoms with Crippen molar-refractivity contribution in [2.45, 2.75) is 32.9 Å². The van der Waals surface area contributed by atoms with E-state index >= 15 is 0 Å². The third kappa shape index (κ3) is 3.23. The van der Waals surface area contributed by atoms with Crippen LogP contribution in [0.25, 0.3) is 0 Å². The Morgan fingerprint density at radius 3 is 2.60 bits per heavy atom. The van der Waals surface area contributed by atoms with Gasteiger partial charge in [0.2, 0.25) is 5.82 Å². The number of anilines is 1. The second-order valence-corrected chi connectivity index (χ2v) is 4.57. The molecule has 1 aromatic rings. The Hall–Kier alpha value is -2.16. The average Bonchev–Trinajstić information content (AvgIpc) is 2.65. The Morgan fingerprint density at radius 1 is 1.60 bits per heavy atom. The molecule has 0 aliphatic heterocycles. The maximum Gasteiger partial charge on any atom is 0.333 e. The molecular formula is C11H18N4O5. The van der Waals surface area contributed by atoms with Gasteiger partial charge in [-0.3, -0.25) is 10.1 Å². The monoisotopic (exact) mass is 286 g/mol. The van der Waals surface area contributed by atoms with Crippen LogP contribution in [0.3, 0.4) is 0 Å². The summed E-state index contributed by atoms with van der Waals surface area (Å²) in [5.74, 6) is -1.08. The molecule has 0 fully saturated rings. The first kappa shape index (κ1) is 15.9. The number of aliphatic carboxylic acids is 1. The predicted molar refractivity (Wildman–Crippen MR) is 70.9 cm³/mol. The first-order valence-electron chi connectivity index (χ1n) is 6.01. The predicted octanol–water partition coefficient (Wildman–Crippen LogP) is 1.19. The molecule has 2 N–H and O–H groups in total. The molecule has 1 aromatic heterocycles. The SMILES string of the molecule is COCC(Nc1c([N+](=O)[O-])c(C)nn1C(C)C)C(=O)O. The van der Waals surface area contributed by atoms with E-state index < -0.39 is 16.9 Å². The van der Waals surface area contributed by atoms with E-state index in [1.165, 1.54) is 18.7 Å². The summed E-state index contributed by atoms with van der Waals surface area (Å²) >= 11 is 0. The van der Waals surface area contributed by atoms with Gasteiger partial charge in [-0.05, 0) is 20.8 Å². The third-order valence-corrected chi connectivity index (χ3v) is 2.67. The highest BCUT2D eigenvalue weighted by molar-refractivity contribution is 5.78. The molecule has 0 amide bonds. The summed E-state index contributed by atoms with van der Waals surface area (Å²) in [5.41, 5.74) is 0.00816. The van der Waals surface area contributed by atoms with Gasteiger partial charge in [-0.2, -0.15) is 5.10 Å². The molecule has 0 radical (unpaired) electrons. The molecule has 0 aliphatic carbocycles. The summed E-state index contributed by atoms with van der Waals surface area (Å²) in [6.07, 6.45) is 0. The van der Waals surface area contributed by atoms with Crippen molar-refractivity contribution in [2.75, 3.05) is 19.0 Å². The number of hydrogen-bond acceptors (Lipinski definition) is 6. The lowest BCUT2D eigenvalue weighted by Crippen LogP contribution is -2.34. The first-order valence-corrected chi connectivity index (χ1v) is 6.01. The summed E-state index contributed by atoms with van der Waals surface area (Å²) in [6.45, 7) is 4.99. The molecule has 1 rings (SSSR count). The lowest BCUT2D eigenvalue weighted by molar-refractivity contribution is -0.384. The van der Waals surface area contributed by atoms with Crippen molar-refractivity contribution in [3.05, 3.63) is 15.8 Å². The average molecular weight is 286 g/mol. The number of carboxylic acids is 1. The second kappa shape index (κ2) is 6.33. The van der Waals surface area contributed by atoms with Crippen LogP contribution in [0.15, 0.2) is 0 Å². The number of nitro groups is 1. The number of carboxylic acid groups (broad SMARTS) is 1. The topological polar surface area (TPSA) is 120 Å². The van der Waals surface area contributed by atoms with Crippen molar-refractivity contribution < 1.29 is 19.6 Å². The van der Waals surface area contributed by atoms with Gasteiger partial charge >= 0.3 is 11.7 Å². The number of aromatic nitrogens is 2. The maximum absolute atomic E-state index is 11.1. The van der Waals surface area contributed by atoms with Gasteiger partial charge in [0.1, 0.15) is 11.7 Å². The highest BCUT2D eigenvalue weighted by atomic mass is 16.6. The molecule has 0 aliphatic rings. The zero-order chi connectivity index (χ0) is 15.4. The molecule has 1 unspecified atom stereocenters. The Balaban J connectivity index is 3.26. The van der Waals surface area contributed by atoms with Gasteiger partial charge in [0, 0.05) is 13.2 Å². The number of carbonyl (C=O) groups is 1. The van der Waals surface area contributed by atoms with Crippen LogP contribution in [-0.2, 0) is 9.53 Å². The van der Waals surface area contributed by atoms with Crippen molar-refractivity contribution >= 4 is 17.5 Å². The molecule has 0 spiro atoms. The molecule has 112 valence electrons. The van der Waals surface area contributed by atoms with Gasteiger partial charge in [-0.25, -0.2) is 9.48 Å². The fourth-order valence-corrected chi connectivity index (χ4v) is 1.77. The van der Waals surface area contributed by atoms with Crippen LogP contribution in [-0.4, -0.2) is 45.5 Å². The highest BCUT2D eigenvalue weighted by Crippen LogP contribution is 2.31. The van der Waals surface area contributed by atoms with Gasteiger partial charge in [0.05, 0.1) is 11.5 Å². The van der Waals surface area contributed by atoms with E-state index in [0.717, 1.165) is 0 Å². The summed E-state index contributed by atoms with van der Waals surface area (Å²) in [5, 5.41) is 26.9. The number of nitrogens with zero attached hydrogens (tertiary/aromatic N) is 3. The smallest absolute Gasteiger partial charge is 0.333 e. The molecule has 20 heavy (non-hydrogen) atoms. The number of ether oxygens (including phenoxy) is 1. The molecule has 1 atom stereocenters. The number of methoxy groups -OCH3 is 1. The Labute approximate surface area is 115 Å². The lowest BCUT2D eigenvalue weighted by Gasteiger charge is -2.16. The van der Waals surface area contributed by atoms with E-state index in [4.69, 9.17) is 9.84 Å². The summed E-state index contributed by atoms with van der Waals surface area (Å²) in [6, 6.07) is -1.24. The molecular weight excluding hydrogens is 268 g/mol. The number of hydrogen-bond donors (Lipinski definition) is 2. The number of aryl methyl sites for hydroxylation is 1. The minimum Gasteiger partial charge on any atom is -0.480 e. The summed E-state index contributed by atoms with van der Waals surface area (Å²) in [7, 11) is 1.36. The van der Waals surface area contributed by atoms with Crippen molar-refractivity contribution in [3.63, 3.8) is 0 Å². The highest BCUT2D eigenvalue weighted by Gasteiger charge is 2.30. The Bertz CT molecular complexity index is 511. The van der Waals surface area contributed by atoms with Crippen molar-refractivity contribution in [1.29, 1.82) is 0 Å². The molecule has 9 nitrogen and oxygen atoms in total. The van der Waals surface area contributed by atoms with Crippen molar-refractivity contribution in [2.24, 2.45) is 0 Å². The fraction of sp³-hybridized carbons (Fsp3) is 0.636. The van der Waals surface area contributed by atoms with Crippen LogP contribution in [0.1, 0.15) is 25.6 Å². The van der Waals surface area contributed by atoms with E-state index in [1.807, 2.05) is 0 Å². The van der Waals surface area contributed by atoms with Crippen LogP contribution < -0.4 is 5.32 Å². The van der Waals surface area contributed by atoms with Gasteiger partial charge in [0.15, 0.2) is 0 Å². The molecule has 0 aromatic carbocycles. The van der Waals surface area contributed by atoms with E-state index in [9.17, 15) is 14.9 Å². The molecule has 1 heterocycles. The zero-order valence-electron chi connectivity index (χ0n) is 11.8. The maximum atomic E-state index is 11.1. The van der Waals surface area contributed by atoms with Crippen LogP contribution in [0.5, 0.6) is 0 Å². The standard InChI is InChI=1S/C11H18N4O5/c1-6(2)14-10(9(15(18)19)7(3)13-14)12-8(5-20-4)11(16)17/h6,8,12H,5H2,1-4H3,(H,16,17). The van der Waals surface area contributed by atoms with Crippen LogP contribution >= 0.6 is 0 Å². The van der Waals surface area contributed by atoms with Crippen molar-refractivity contribution in [3.8, 4) is 0 Å². The van der Waals surface area contributed by atoms with Gasteiger partial charge in [-0.15, -0.1) is 0 Å². The molecule has 0 saturated heterocycles. The fourth-order valence-electron chi connectivity index (χ4n) is 1.77. The molecule has 9 heteroatoms. The number of nitrogens with one attached hydrogen (secondary N) is 1. The summed E-state index contributed by atoms with van der Waals surface area (Å²) in [4.78, 5) is 21.7. The van der Waals surface area contributed by atoms with Gasteiger partial charge in [-0.1, -0.05) is 0 Å². The minimum absolute atomic E-state index is 0.0759. The van der Waals surface area contributed by atoms with E-state index in [0.29, 0.717) is 0 Å². The van der Waals surface area contributed by atoms with Crippen LogP contribution in [0, 0.1) is 17.0 Å². The van der Waals surface area contributed by atoms with Crippen LogP contribution in [0.4, 0.5) is 11.5 Å². The van der Waals surface area contributed by atoms with E-state index in [2.05, 4.69) is 10.4 Å². The molecule has 0 bridgehead atoms. The van der Waals surface area contributed by atoms with Gasteiger partial charge in [0.25, 0.3) is 0 Å². The zero-order valence-corrected chi connectivity index (χ0v) is 11.8. The first-order chi connectivity index (χ1) is 9.29. The third-order valence-electron chi connectivity index (χ3n) is 2.67. The van der Waals surface area contributed by atoms with Gasteiger partial charge < -0.3 is 15.2 Å². The lowest BCUT2D eigenvalue weighted by atomic mass is 10.3. The number of rotatable bonds is 7. The second-order valence-electron chi connectivity index (χ2n) is 4.57. The van der Waals surface area contributed by atoms with E-state index in [-0.39, 0.29) is 29.8 Å². The van der Waals surface area contributed by atoms with E-state index in [1.54, 1.807) is 13.8 Å². The Kier molecular flexibility index (Phi) is 5.03. The summed E-state index contributed by atoms with van der Waals surface area (Å²) < 4.78 is 6.20. The van der Waals surface area contributed by atoms with Crippen LogP contribution in [0.2, 0.25) is 0 Å². The van der Waals surface area contributed by atoms with Crippen molar-refractivity contribution in [1.82, 2.24) is 9.78 Å². The normalized spacial score (nSPS) is 12.4. The Morgan fingerprint density at radius 2 is 2.20 bits per heavy atom. The quantitative estimate of drug-likeness (QED) is 0.570. The minimum atomic E-state index is -1.16. The largest absolute Gasteiger partial charge is 0.480 e. The molecule has 0 saturated carbocycles.